The summed E-state index contributed by atoms with van der Waals surface area (Å²) >= 11 is 3.34. The minimum atomic E-state index is -0.0149. The number of rotatable bonds is 6. The fourth-order valence-corrected chi connectivity index (χ4v) is 1.80. The summed E-state index contributed by atoms with van der Waals surface area (Å²) in [5, 5.41) is 7.47. The van der Waals surface area contributed by atoms with Crippen LogP contribution in [-0.4, -0.2) is 25.7 Å². The summed E-state index contributed by atoms with van der Waals surface area (Å²) in [5.74, 6) is 0.584. The lowest BCUT2D eigenvalue weighted by atomic mass is 10.2. The Hall–Kier alpha value is -1.07. The molecule has 88 valence electrons. The number of hydrogen-bond donors (Lipinski definition) is 2. The first-order valence-corrected chi connectivity index (χ1v) is 5.79. The van der Waals surface area contributed by atoms with Crippen molar-refractivity contribution < 1.29 is 9.47 Å². The van der Waals surface area contributed by atoms with Gasteiger partial charge in [-0.1, -0.05) is 6.07 Å². The van der Waals surface area contributed by atoms with Crippen LogP contribution < -0.4 is 10.5 Å². The molecule has 0 fully saturated rings. The fraction of sp³-hybridized carbons (Fsp3) is 0.364. The van der Waals surface area contributed by atoms with Crippen molar-refractivity contribution in [1.82, 2.24) is 0 Å². The van der Waals surface area contributed by atoms with Gasteiger partial charge in [0.2, 0.25) is 0 Å². The molecule has 0 aliphatic rings. The number of nitrogen functional groups attached to an aromatic ring is 1. The highest BCUT2D eigenvalue weighted by Crippen LogP contribution is 2.26. The van der Waals surface area contributed by atoms with Crippen molar-refractivity contribution in [1.29, 1.82) is 5.41 Å². The van der Waals surface area contributed by atoms with Gasteiger partial charge in [-0.25, -0.2) is 0 Å². The largest absolute Gasteiger partial charge is 0.490 e. The molecule has 0 saturated carbocycles. The van der Waals surface area contributed by atoms with E-state index in [0.717, 1.165) is 4.47 Å². The second-order valence-electron chi connectivity index (χ2n) is 3.07. The quantitative estimate of drug-likeness (QED) is 0.478. The minimum Gasteiger partial charge on any atom is -0.490 e. The highest BCUT2D eigenvalue weighted by atomic mass is 79.9. The molecule has 0 spiro atoms. The summed E-state index contributed by atoms with van der Waals surface area (Å²) in [6.07, 6.45) is 0. The zero-order chi connectivity index (χ0) is 12.0. The van der Waals surface area contributed by atoms with Crippen LogP contribution in [0, 0.1) is 5.41 Å². The van der Waals surface area contributed by atoms with Crippen LogP contribution in [0.3, 0.4) is 0 Å². The molecule has 0 atom stereocenters. The van der Waals surface area contributed by atoms with Gasteiger partial charge in [0, 0.05) is 11.1 Å². The Morgan fingerprint density at radius 3 is 2.81 bits per heavy atom. The third-order valence-corrected chi connectivity index (χ3v) is 2.59. The van der Waals surface area contributed by atoms with Gasteiger partial charge in [-0.15, -0.1) is 0 Å². The number of halogens is 1. The van der Waals surface area contributed by atoms with E-state index >= 15 is 0 Å². The van der Waals surface area contributed by atoms with Crippen LogP contribution in [0.25, 0.3) is 0 Å². The topological polar surface area (TPSA) is 68.3 Å². The summed E-state index contributed by atoms with van der Waals surface area (Å²) in [6, 6.07) is 5.45. The highest BCUT2D eigenvalue weighted by molar-refractivity contribution is 9.10. The molecule has 0 aliphatic heterocycles. The molecule has 0 amide bonds. The second kappa shape index (κ2) is 6.50. The highest BCUT2D eigenvalue weighted by Gasteiger charge is 2.10. The second-order valence-corrected chi connectivity index (χ2v) is 3.93. The number of benzene rings is 1. The van der Waals surface area contributed by atoms with Gasteiger partial charge in [0.05, 0.1) is 12.2 Å². The number of nitrogens with two attached hydrogens (primary N) is 1. The smallest absolute Gasteiger partial charge is 0.131 e. The molecule has 0 radical (unpaired) electrons. The molecule has 16 heavy (non-hydrogen) atoms. The van der Waals surface area contributed by atoms with Gasteiger partial charge in [-0.3, -0.25) is 5.41 Å². The molecule has 1 rings (SSSR count). The van der Waals surface area contributed by atoms with Crippen molar-refractivity contribution in [2.45, 2.75) is 6.92 Å². The fourth-order valence-electron chi connectivity index (χ4n) is 1.24. The Balaban J connectivity index is 2.71. The van der Waals surface area contributed by atoms with Gasteiger partial charge < -0.3 is 15.2 Å². The normalized spacial score (nSPS) is 10.1. The monoisotopic (exact) mass is 286 g/mol. The van der Waals surface area contributed by atoms with E-state index in [1.165, 1.54) is 0 Å². The summed E-state index contributed by atoms with van der Waals surface area (Å²) in [7, 11) is 0. The summed E-state index contributed by atoms with van der Waals surface area (Å²) in [4.78, 5) is 0. The van der Waals surface area contributed by atoms with Gasteiger partial charge in [0.25, 0.3) is 0 Å². The van der Waals surface area contributed by atoms with E-state index in [1.807, 2.05) is 19.1 Å². The Kier molecular flexibility index (Phi) is 5.28. The van der Waals surface area contributed by atoms with E-state index in [-0.39, 0.29) is 5.84 Å². The number of amidine groups is 1. The van der Waals surface area contributed by atoms with Gasteiger partial charge >= 0.3 is 0 Å². The molecule has 5 heteroatoms. The third kappa shape index (κ3) is 3.50. The van der Waals surface area contributed by atoms with Crippen LogP contribution in [0.4, 0.5) is 0 Å². The number of hydrogen-bond acceptors (Lipinski definition) is 3. The predicted molar refractivity (Wildman–Crippen MR) is 67.1 cm³/mol. The van der Waals surface area contributed by atoms with Gasteiger partial charge in [0.15, 0.2) is 0 Å². The molecule has 4 nitrogen and oxygen atoms in total. The summed E-state index contributed by atoms with van der Waals surface area (Å²) < 4.78 is 11.4. The third-order valence-electron chi connectivity index (χ3n) is 1.93. The summed E-state index contributed by atoms with van der Waals surface area (Å²) in [5.41, 5.74) is 6.07. The Labute approximate surface area is 103 Å². The average Bonchev–Trinajstić information content (AvgIpc) is 2.24. The van der Waals surface area contributed by atoms with Crippen molar-refractivity contribution in [2.75, 3.05) is 19.8 Å². The molecule has 0 unspecified atom stereocenters. The van der Waals surface area contributed by atoms with Crippen molar-refractivity contribution in [2.24, 2.45) is 5.73 Å². The molecule has 1 aromatic carbocycles. The van der Waals surface area contributed by atoms with E-state index in [1.54, 1.807) is 6.07 Å². The van der Waals surface area contributed by atoms with Gasteiger partial charge in [0.1, 0.15) is 18.2 Å². The van der Waals surface area contributed by atoms with E-state index in [0.29, 0.717) is 31.1 Å². The van der Waals surface area contributed by atoms with Crippen molar-refractivity contribution in [3.63, 3.8) is 0 Å². The van der Waals surface area contributed by atoms with Crippen LogP contribution in [0.15, 0.2) is 22.7 Å². The lowest BCUT2D eigenvalue weighted by Gasteiger charge is -2.11. The predicted octanol–water partition coefficient (Wildman–Crippen LogP) is 2.15. The SMILES string of the molecule is CCOCCOc1cccc(Br)c1C(=N)N. The van der Waals surface area contributed by atoms with E-state index in [2.05, 4.69) is 15.9 Å². The summed E-state index contributed by atoms with van der Waals surface area (Å²) in [6.45, 7) is 3.58. The average molecular weight is 287 g/mol. The lowest BCUT2D eigenvalue weighted by Crippen LogP contribution is -2.15. The Morgan fingerprint density at radius 1 is 1.44 bits per heavy atom. The number of nitrogens with one attached hydrogen (secondary N) is 1. The zero-order valence-corrected chi connectivity index (χ0v) is 10.7. The van der Waals surface area contributed by atoms with Crippen LogP contribution in [-0.2, 0) is 4.74 Å². The van der Waals surface area contributed by atoms with Crippen molar-refractivity contribution in [3.8, 4) is 5.75 Å². The van der Waals surface area contributed by atoms with Gasteiger partial charge in [-0.05, 0) is 35.0 Å². The standard InChI is InChI=1S/C11H15BrN2O2/c1-2-15-6-7-16-9-5-3-4-8(12)10(9)11(13)14/h3-5H,2,6-7H2,1H3,(H3,13,14). The molecule has 0 heterocycles. The first-order valence-electron chi connectivity index (χ1n) is 5.00. The first-order chi connectivity index (χ1) is 7.66. The maximum Gasteiger partial charge on any atom is 0.131 e. The maximum atomic E-state index is 7.47. The van der Waals surface area contributed by atoms with E-state index < -0.39 is 0 Å². The molecule has 1 aromatic rings. The number of ether oxygens (including phenoxy) is 2. The van der Waals surface area contributed by atoms with Crippen LogP contribution in [0.1, 0.15) is 12.5 Å². The van der Waals surface area contributed by atoms with Gasteiger partial charge in [-0.2, -0.15) is 0 Å². The lowest BCUT2D eigenvalue weighted by molar-refractivity contribution is 0.110. The zero-order valence-electron chi connectivity index (χ0n) is 9.13. The molecule has 0 aliphatic carbocycles. The Bertz CT molecular complexity index is 369. The van der Waals surface area contributed by atoms with Crippen LogP contribution in [0.2, 0.25) is 0 Å². The molecule has 3 N–H and O–H groups in total. The minimum absolute atomic E-state index is 0.0149. The molecular formula is C11H15BrN2O2. The van der Waals surface area contributed by atoms with E-state index in [9.17, 15) is 0 Å². The van der Waals surface area contributed by atoms with Crippen molar-refractivity contribution >= 4 is 21.8 Å². The molecule has 0 bridgehead atoms. The van der Waals surface area contributed by atoms with E-state index in [4.69, 9.17) is 20.6 Å². The Morgan fingerprint density at radius 2 is 2.19 bits per heavy atom. The molecule has 0 aromatic heterocycles. The van der Waals surface area contributed by atoms with Crippen LogP contribution >= 0.6 is 15.9 Å². The van der Waals surface area contributed by atoms with Crippen LogP contribution in [0.5, 0.6) is 5.75 Å². The molecule has 0 saturated heterocycles. The first kappa shape index (κ1) is 13.0. The maximum absolute atomic E-state index is 7.47. The van der Waals surface area contributed by atoms with Crippen molar-refractivity contribution in [3.05, 3.63) is 28.2 Å². The molecular weight excluding hydrogens is 272 g/mol.